The normalized spacial score (nSPS) is 13.3. The average molecular weight is 572 g/mol. The molecule has 0 heterocycles. The molecule has 4 aromatic carbocycles. The largest absolute Gasteiger partial charge is 0.401 e. The van der Waals surface area contributed by atoms with Crippen LogP contribution in [0.1, 0.15) is 68.5 Å². The summed E-state index contributed by atoms with van der Waals surface area (Å²) in [5.74, 6) is 0. The minimum absolute atomic E-state index is 0.195. The van der Waals surface area contributed by atoms with Crippen molar-refractivity contribution < 1.29 is 0 Å². The molecule has 5 rings (SSSR count). The van der Waals surface area contributed by atoms with Gasteiger partial charge in [-0.1, -0.05) is 103 Å². The van der Waals surface area contributed by atoms with Gasteiger partial charge in [0.15, 0.2) is 0 Å². The summed E-state index contributed by atoms with van der Waals surface area (Å²) in [7, 11) is 0. The maximum Gasteiger partial charge on any atom is 0.0448 e. The number of nitrogens with two attached hydrogens (primary N) is 2. The molecule has 3 nitrogen and oxygen atoms in total. The predicted molar refractivity (Wildman–Crippen MR) is 182 cm³/mol. The topological polar surface area (TPSA) is 55.3 Å². The van der Waals surface area contributed by atoms with Gasteiger partial charge in [-0.05, 0) is 110 Å². The van der Waals surface area contributed by atoms with Gasteiger partial charge in [-0.15, -0.1) is 0 Å². The van der Waals surface area contributed by atoms with Crippen LogP contribution in [0.25, 0.3) is 0 Å². The zero-order chi connectivity index (χ0) is 30.2. The molecular formula is C40H49N3. The minimum Gasteiger partial charge on any atom is -0.401 e. The van der Waals surface area contributed by atoms with Crippen LogP contribution in [-0.2, 0) is 51.6 Å². The van der Waals surface area contributed by atoms with Crippen molar-refractivity contribution >= 4 is 0 Å². The Labute approximate surface area is 259 Å². The first-order valence-corrected chi connectivity index (χ1v) is 16.1. The number of fused-ring (bicyclic) bond motifs is 1. The molecule has 0 fully saturated rings. The van der Waals surface area contributed by atoms with Crippen molar-refractivity contribution in [3.05, 3.63) is 153 Å². The molecule has 1 aliphatic rings. The fraction of sp³-hybridized carbons (Fsp3) is 0.350. The number of hydrogen-bond acceptors (Lipinski definition) is 3. The molecule has 1 unspecified atom stereocenters. The van der Waals surface area contributed by atoms with Gasteiger partial charge in [0.2, 0.25) is 0 Å². The Morgan fingerprint density at radius 3 is 1.86 bits per heavy atom. The molecule has 0 amide bonds. The molecule has 0 spiro atoms. The predicted octanol–water partition coefficient (Wildman–Crippen LogP) is 7.55. The standard InChI is InChI=1S/C40H49N3/c1-29-9-6-11-32(23-29)17-19-34-13-4-5-14-38(34)27-43(22-21-40(42)31(3)41)28-39-26-36-16-8-15-35(36)25-37(39)20-18-33-12-7-10-30(2)24-33/h4-7,9-14,23-26,40H,3,8,15-22,27-28,41-42H2,1-2H3. The molecule has 0 radical (unpaired) electrons. The zero-order valence-electron chi connectivity index (χ0n) is 26.2. The summed E-state index contributed by atoms with van der Waals surface area (Å²) in [6.45, 7) is 10.9. The molecule has 3 heteroatoms. The van der Waals surface area contributed by atoms with Crippen molar-refractivity contribution in [2.45, 2.75) is 84.3 Å². The third-order valence-electron chi connectivity index (χ3n) is 9.08. The molecule has 224 valence electrons. The number of hydrogen-bond donors (Lipinski definition) is 2. The maximum atomic E-state index is 6.38. The molecular weight excluding hydrogens is 522 g/mol. The van der Waals surface area contributed by atoms with Crippen LogP contribution in [0.4, 0.5) is 0 Å². The highest BCUT2D eigenvalue weighted by molar-refractivity contribution is 5.42. The molecule has 4 N–H and O–H groups in total. The summed E-state index contributed by atoms with van der Waals surface area (Å²) in [6, 6.07) is 31.7. The van der Waals surface area contributed by atoms with Crippen LogP contribution in [0, 0.1) is 13.8 Å². The lowest BCUT2D eigenvalue weighted by Gasteiger charge is -2.27. The minimum atomic E-state index is -0.195. The van der Waals surface area contributed by atoms with E-state index in [0.717, 1.165) is 51.7 Å². The van der Waals surface area contributed by atoms with Gasteiger partial charge in [0.25, 0.3) is 0 Å². The Kier molecular flexibility index (Phi) is 10.5. The van der Waals surface area contributed by atoms with Crippen molar-refractivity contribution in [1.29, 1.82) is 0 Å². The van der Waals surface area contributed by atoms with E-state index in [1.54, 1.807) is 11.1 Å². The van der Waals surface area contributed by atoms with E-state index >= 15 is 0 Å². The van der Waals surface area contributed by atoms with Crippen LogP contribution in [-0.4, -0.2) is 17.5 Å². The van der Waals surface area contributed by atoms with Gasteiger partial charge in [-0.3, -0.25) is 4.90 Å². The van der Waals surface area contributed by atoms with Gasteiger partial charge in [-0.2, -0.15) is 0 Å². The zero-order valence-corrected chi connectivity index (χ0v) is 26.2. The van der Waals surface area contributed by atoms with Crippen LogP contribution in [0.5, 0.6) is 0 Å². The molecule has 1 atom stereocenters. The van der Waals surface area contributed by atoms with E-state index in [0.29, 0.717) is 5.70 Å². The molecule has 1 aliphatic carbocycles. The van der Waals surface area contributed by atoms with Crippen molar-refractivity contribution in [3.8, 4) is 0 Å². The number of rotatable bonds is 14. The molecule has 4 aromatic rings. The quantitative estimate of drug-likeness (QED) is 0.164. The lowest BCUT2D eigenvalue weighted by molar-refractivity contribution is 0.247. The monoisotopic (exact) mass is 571 g/mol. The van der Waals surface area contributed by atoms with Crippen LogP contribution < -0.4 is 11.5 Å². The second-order valence-electron chi connectivity index (χ2n) is 12.7. The Bertz CT molecular complexity index is 1530. The van der Waals surface area contributed by atoms with E-state index in [2.05, 4.69) is 110 Å². The summed E-state index contributed by atoms with van der Waals surface area (Å²) in [4.78, 5) is 2.58. The second-order valence-corrected chi connectivity index (χ2v) is 12.7. The highest BCUT2D eigenvalue weighted by Gasteiger charge is 2.19. The molecule has 0 aliphatic heterocycles. The fourth-order valence-corrected chi connectivity index (χ4v) is 6.56. The van der Waals surface area contributed by atoms with Crippen molar-refractivity contribution in [3.63, 3.8) is 0 Å². The Balaban J connectivity index is 1.38. The van der Waals surface area contributed by atoms with Gasteiger partial charge in [0.1, 0.15) is 0 Å². The molecule has 0 saturated heterocycles. The van der Waals surface area contributed by atoms with Gasteiger partial charge in [-0.25, -0.2) is 0 Å². The SMILES string of the molecule is C=C(N)C(N)CCN(Cc1ccccc1CCc1cccc(C)c1)Cc1cc2c(cc1CCc1cccc(C)c1)CCC2. The Hall–Kier alpha value is -3.66. The van der Waals surface area contributed by atoms with Crippen LogP contribution >= 0.6 is 0 Å². The third kappa shape index (κ3) is 8.69. The van der Waals surface area contributed by atoms with Gasteiger partial charge >= 0.3 is 0 Å². The van der Waals surface area contributed by atoms with E-state index in [9.17, 15) is 0 Å². The summed E-state index contributed by atoms with van der Waals surface area (Å²) < 4.78 is 0. The van der Waals surface area contributed by atoms with E-state index < -0.39 is 0 Å². The highest BCUT2D eigenvalue weighted by atomic mass is 15.1. The van der Waals surface area contributed by atoms with Gasteiger partial charge in [0, 0.05) is 31.4 Å². The summed E-state index contributed by atoms with van der Waals surface area (Å²) in [5.41, 5.74) is 27.3. The number of nitrogens with zero attached hydrogens (tertiary/aromatic N) is 1. The van der Waals surface area contributed by atoms with E-state index in [-0.39, 0.29) is 6.04 Å². The van der Waals surface area contributed by atoms with Crippen LogP contribution in [0.3, 0.4) is 0 Å². The van der Waals surface area contributed by atoms with Crippen molar-refractivity contribution in [1.82, 2.24) is 4.90 Å². The summed E-state index contributed by atoms with van der Waals surface area (Å²) in [6.07, 6.45) is 8.67. The molecule has 43 heavy (non-hydrogen) atoms. The second kappa shape index (κ2) is 14.7. The fourth-order valence-electron chi connectivity index (χ4n) is 6.56. The number of benzene rings is 4. The van der Waals surface area contributed by atoms with Gasteiger partial charge in [0.05, 0.1) is 0 Å². The highest BCUT2D eigenvalue weighted by Crippen LogP contribution is 2.28. The summed E-state index contributed by atoms with van der Waals surface area (Å²) in [5, 5.41) is 0. The number of aryl methyl sites for hydroxylation is 8. The molecule has 0 saturated carbocycles. The van der Waals surface area contributed by atoms with E-state index in [1.165, 1.54) is 63.8 Å². The van der Waals surface area contributed by atoms with Crippen molar-refractivity contribution in [2.75, 3.05) is 6.54 Å². The Morgan fingerprint density at radius 1 is 0.698 bits per heavy atom. The van der Waals surface area contributed by atoms with E-state index in [1.807, 2.05) is 0 Å². The summed E-state index contributed by atoms with van der Waals surface area (Å²) >= 11 is 0. The Morgan fingerprint density at radius 2 is 1.26 bits per heavy atom. The lowest BCUT2D eigenvalue weighted by atomic mass is 9.94. The first kappa shape index (κ1) is 30.8. The van der Waals surface area contributed by atoms with Gasteiger partial charge < -0.3 is 11.5 Å². The maximum absolute atomic E-state index is 6.38. The third-order valence-corrected chi connectivity index (χ3v) is 9.08. The lowest BCUT2D eigenvalue weighted by Crippen LogP contribution is -2.33. The first-order valence-electron chi connectivity index (χ1n) is 16.1. The van der Waals surface area contributed by atoms with Crippen LogP contribution in [0.15, 0.2) is 97.2 Å². The van der Waals surface area contributed by atoms with Crippen molar-refractivity contribution in [2.24, 2.45) is 11.5 Å². The molecule has 0 aromatic heterocycles. The van der Waals surface area contributed by atoms with Crippen LogP contribution in [0.2, 0.25) is 0 Å². The first-order chi connectivity index (χ1) is 20.8. The molecule has 0 bridgehead atoms. The van der Waals surface area contributed by atoms with E-state index in [4.69, 9.17) is 11.5 Å². The average Bonchev–Trinajstić information content (AvgIpc) is 3.45. The smallest absolute Gasteiger partial charge is 0.0448 e.